The van der Waals surface area contributed by atoms with Crippen LogP contribution in [0, 0.1) is 0 Å². The number of amides is 1. The minimum Gasteiger partial charge on any atom is -0.494 e. The lowest BCUT2D eigenvalue weighted by atomic mass is 10.2. The van der Waals surface area contributed by atoms with Crippen molar-refractivity contribution in [2.45, 2.75) is 19.4 Å². The van der Waals surface area contributed by atoms with Gasteiger partial charge >= 0.3 is 0 Å². The van der Waals surface area contributed by atoms with Crippen molar-refractivity contribution >= 4 is 11.9 Å². The molecule has 0 bridgehead atoms. The van der Waals surface area contributed by atoms with Gasteiger partial charge in [0.2, 0.25) is 5.91 Å². The van der Waals surface area contributed by atoms with Gasteiger partial charge in [-0.1, -0.05) is 48.5 Å². The zero-order valence-electron chi connectivity index (χ0n) is 16.7. The van der Waals surface area contributed by atoms with Crippen LogP contribution in [0.2, 0.25) is 0 Å². The fraction of sp³-hybridized carbons (Fsp3) is 0.364. The first kappa shape index (κ1) is 21.3. The van der Waals surface area contributed by atoms with Crippen molar-refractivity contribution in [3.8, 4) is 5.75 Å². The standard InChI is InChI=1S/C22H30N4O2/c1-23-22(24-15-9-17-28-20-12-7-4-8-13-20)25-16-14-21(27)26(2)18-19-10-5-3-6-11-19/h3-8,10-13H,9,14-18H2,1-2H3,(H2,23,24,25). The molecule has 0 saturated carbocycles. The van der Waals surface area contributed by atoms with Gasteiger partial charge in [-0.3, -0.25) is 9.79 Å². The number of nitrogens with one attached hydrogen (secondary N) is 2. The van der Waals surface area contributed by atoms with Crippen molar-refractivity contribution in [2.24, 2.45) is 4.99 Å². The molecule has 2 aromatic carbocycles. The average Bonchev–Trinajstić information content (AvgIpc) is 2.73. The average molecular weight is 383 g/mol. The van der Waals surface area contributed by atoms with Gasteiger partial charge in [-0.05, 0) is 24.1 Å². The highest BCUT2D eigenvalue weighted by Crippen LogP contribution is 2.08. The summed E-state index contributed by atoms with van der Waals surface area (Å²) in [6, 6.07) is 19.8. The van der Waals surface area contributed by atoms with Gasteiger partial charge in [0.15, 0.2) is 5.96 Å². The molecule has 0 fully saturated rings. The number of ether oxygens (including phenoxy) is 1. The highest BCUT2D eigenvalue weighted by Gasteiger charge is 2.09. The molecule has 0 unspecified atom stereocenters. The maximum absolute atomic E-state index is 12.3. The molecule has 0 radical (unpaired) electrons. The van der Waals surface area contributed by atoms with E-state index in [-0.39, 0.29) is 5.91 Å². The number of carbonyl (C=O) groups excluding carboxylic acids is 1. The smallest absolute Gasteiger partial charge is 0.224 e. The Morgan fingerprint density at radius 2 is 1.64 bits per heavy atom. The van der Waals surface area contributed by atoms with Crippen LogP contribution in [0.1, 0.15) is 18.4 Å². The summed E-state index contributed by atoms with van der Waals surface area (Å²) in [4.78, 5) is 18.2. The van der Waals surface area contributed by atoms with E-state index in [9.17, 15) is 4.79 Å². The predicted molar refractivity (Wildman–Crippen MR) is 113 cm³/mol. The van der Waals surface area contributed by atoms with Crippen LogP contribution in [0.15, 0.2) is 65.7 Å². The molecule has 0 atom stereocenters. The summed E-state index contributed by atoms with van der Waals surface area (Å²) in [6.07, 6.45) is 1.27. The zero-order valence-corrected chi connectivity index (χ0v) is 16.7. The van der Waals surface area contributed by atoms with Crippen molar-refractivity contribution in [3.05, 3.63) is 66.2 Å². The largest absolute Gasteiger partial charge is 0.494 e. The number of para-hydroxylation sites is 1. The summed E-state index contributed by atoms with van der Waals surface area (Å²) in [7, 11) is 3.55. The van der Waals surface area contributed by atoms with E-state index in [4.69, 9.17) is 4.74 Å². The van der Waals surface area contributed by atoms with E-state index in [2.05, 4.69) is 15.6 Å². The zero-order chi connectivity index (χ0) is 20.0. The molecule has 1 amide bonds. The van der Waals surface area contributed by atoms with Gasteiger partial charge in [-0.15, -0.1) is 0 Å². The Morgan fingerprint density at radius 1 is 1.00 bits per heavy atom. The molecule has 0 spiro atoms. The predicted octanol–water partition coefficient (Wildman–Crippen LogP) is 2.67. The molecule has 0 heterocycles. The minimum absolute atomic E-state index is 0.100. The van der Waals surface area contributed by atoms with Crippen molar-refractivity contribution in [3.63, 3.8) is 0 Å². The van der Waals surface area contributed by atoms with Crippen molar-refractivity contribution in [2.75, 3.05) is 33.8 Å². The minimum atomic E-state index is 0.100. The first-order chi connectivity index (χ1) is 13.7. The van der Waals surface area contributed by atoms with E-state index in [0.29, 0.717) is 32.1 Å². The molecule has 0 aliphatic rings. The van der Waals surface area contributed by atoms with Gasteiger partial charge in [0, 0.05) is 40.2 Å². The first-order valence-electron chi connectivity index (χ1n) is 9.59. The topological polar surface area (TPSA) is 66.0 Å². The number of hydrogen-bond donors (Lipinski definition) is 2. The first-order valence-corrected chi connectivity index (χ1v) is 9.59. The van der Waals surface area contributed by atoms with Crippen molar-refractivity contribution in [1.29, 1.82) is 0 Å². The molecule has 150 valence electrons. The lowest BCUT2D eigenvalue weighted by Crippen LogP contribution is -2.40. The second-order valence-corrected chi connectivity index (χ2v) is 6.43. The molecule has 0 aromatic heterocycles. The van der Waals surface area contributed by atoms with Gasteiger partial charge in [-0.25, -0.2) is 0 Å². The van der Waals surface area contributed by atoms with E-state index < -0.39 is 0 Å². The highest BCUT2D eigenvalue weighted by molar-refractivity contribution is 5.81. The van der Waals surface area contributed by atoms with Crippen LogP contribution in [0.3, 0.4) is 0 Å². The number of carbonyl (C=O) groups is 1. The summed E-state index contributed by atoms with van der Waals surface area (Å²) in [5, 5.41) is 6.41. The van der Waals surface area contributed by atoms with Crippen LogP contribution in [-0.4, -0.2) is 50.6 Å². The molecule has 0 aliphatic heterocycles. The van der Waals surface area contributed by atoms with Gasteiger partial charge in [-0.2, -0.15) is 0 Å². The van der Waals surface area contributed by atoms with E-state index in [1.54, 1.807) is 11.9 Å². The van der Waals surface area contributed by atoms with Crippen LogP contribution < -0.4 is 15.4 Å². The number of aliphatic imine (C=N–C) groups is 1. The maximum atomic E-state index is 12.3. The third-order valence-electron chi connectivity index (χ3n) is 4.17. The summed E-state index contributed by atoms with van der Waals surface area (Å²) in [5.74, 6) is 1.67. The van der Waals surface area contributed by atoms with Crippen LogP contribution in [0.4, 0.5) is 0 Å². The van der Waals surface area contributed by atoms with E-state index in [0.717, 1.165) is 24.3 Å². The Labute approximate surface area is 167 Å². The van der Waals surface area contributed by atoms with Gasteiger partial charge in [0.05, 0.1) is 6.61 Å². The molecule has 2 rings (SSSR count). The van der Waals surface area contributed by atoms with E-state index in [1.165, 1.54) is 0 Å². The quantitative estimate of drug-likeness (QED) is 0.377. The Balaban J connectivity index is 1.57. The molecule has 2 N–H and O–H groups in total. The number of rotatable bonds is 10. The van der Waals surface area contributed by atoms with E-state index in [1.807, 2.05) is 67.7 Å². The van der Waals surface area contributed by atoms with Crippen LogP contribution in [0.25, 0.3) is 0 Å². The lowest BCUT2D eigenvalue weighted by Gasteiger charge is -2.18. The van der Waals surface area contributed by atoms with Gasteiger partial charge in [0.25, 0.3) is 0 Å². The summed E-state index contributed by atoms with van der Waals surface area (Å²) in [6.45, 7) is 2.54. The van der Waals surface area contributed by atoms with Crippen LogP contribution in [-0.2, 0) is 11.3 Å². The van der Waals surface area contributed by atoms with Crippen LogP contribution >= 0.6 is 0 Å². The molecule has 2 aromatic rings. The summed E-state index contributed by atoms with van der Waals surface area (Å²) in [5.41, 5.74) is 1.13. The van der Waals surface area contributed by atoms with Gasteiger partial charge < -0.3 is 20.3 Å². The number of nitrogens with zero attached hydrogens (tertiary/aromatic N) is 2. The molecule has 0 saturated heterocycles. The Morgan fingerprint density at radius 3 is 2.32 bits per heavy atom. The lowest BCUT2D eigenvalue weighted by molar-refractivity contribution is -0.130. The fourth-order valence-electron chi connectivity index (χ4n) is 2.63. The Kier molecular flexibility index (Phi) is 9.41. The number of guanidine groups is 1. The third kappa shape index (κ3) is 8.12. The van der Waals surface area contributed by atoms with Gasteiger partial charge in [0.1, 0.15) is 5.75 Å². The summed E-state index contributed by atoms with van der Waals surface area (Å²) >= 11 is 0. The third-order valence-corrected chi connectivity index (χ3v) is 4.17. The maximum Gasteiger partial charge on any atom is 0.224 e. The Bertz CT molecular complexity index is 720. The van der Waals surface area contributed by atoms with Crippen molar-refractivity contribution in [1.82, 2.24) is 15.5 Å². The summed E-state index contributed by atoms with van der Waals surface area (Å²) < 4.78 is 5.66. The Hall–Kier alpha value is -3.02. The molecule has 6 nitrogen and oxygen atoms in total. The molecular formula is C22H30N4O2. The molecule has 6 heteroatoms. The highest BCUT2D eigenvalue weighted by atomic mass is 16.5. The fourth-order valence-corrected chi connectivity index (χ4v) is 2.63. The molecule has 0 aliphatic carbocycles. The molecular weight excluding hydrogens is 352 g/mol. The number of hydrogen-bond acceptors (Lipinski definition) is 3. The monoisotopic (exact) mass is 382 g/mol. The normalized spacial score (nSPS) is 11.0. The second kappa shape index (κ2) is 12.4. The number of benzene rings is 2. The van der Waals surface area contributed by atoms with Crippen molar-refractivity contribution < 1.29 is 9.53 Å². The second-order valence-electron chi connectivity index (χ2n) is 6.43. The molecule has 28 heavy (non-hydrogen) atoms. The SMILES string of the molecule is CN=C(NCCCOc1ccccc1)NCCC(=O)N(C)Cc1ccccc1. The van der Waals surface area contributed by atoms with E-state index >= 15 is 0 Å². The van der Waals surface area contributed by atoms with Crippen LogP contribution in [0.5, 0.6) is 5.75 Å².